The summed E-state index contributed by atoms with van der Waals surface area (Å²) in [5.41, 5.74) is 1.51. The minimum absolute atomic E-state index is 0.735. The van der Waals surface area contributed by atoms with Gasteiger partial charge in [-0.15, -0.1) is 0 Å². The van der Waals surface area contributed by atoms with Gasteiger partial charge >= 0.3 is 0 Å². The first-order chi connectivity index (χ1) is 8.43. The van der Waals surface area contributed by atoms with E-state index >= 15 is 0 Å². The van der Waals surface area contributed by atoms with E-state index in [0.717, 1.165) is 17.9 Å². The first-order valence-electron chi connectivity index (χ1n) is 6.92. The molecular weight excluding hydrogens is 208 g/mol. The van der Waals surface area contributed by atoms with Crippen molar-refractivity contribution in [3.8, 4) is 0 Å². The zero-order chi connectivity index (χ0) is 11.5. The highest BCUT2D eigenvalue weighted by atomic mass is 15.0. The van der Waals surface area contributed by atoms with Gasteiger partial charge in [-0.3, -0.25) is 0 Å². The van der Waals surface area contributed by atoms with E-state index in [-0.39, 0.29) is 0 Å². The number of nitrogens with one attached hydrogen (secondary N) is 2. The van der Waals surface area contributed by atoms with E-state index < -0.39 is 0 Å². The predicted octanol–water partition coefficient (Wildman–Crippen LogP) is 2.13. The second-order valence-electron chi connectivity index (χ2n) is 5.48. The van der Waals surface area contributed by atoms with Crippen LogP contribution in [0.5, 0.6) is 0 Å². The molecule has 2 heteroatoms. The fraction of sp³-hybridized carbons (Fsp3) is 0.600. The minimum Gasteiger partial charge on any atom is -0.316 e. The maximum atomic E-state index is 3.73. The van der Waals surface area contributed by atoms with Gasteiger partial charge in [0.05, 0.1) is 0 Å². The first kappa shape index (κ1) is 11.2. The van der Waals surface area contributed by atoms with Crippen molar-refractivity contribution in [2.75, 3.05) is 19.6 Å². The summed E-state index contributed by atoms with van der Waals surface area (Å²) in [6.07, 6.45) is 4.06. The van der Waals surface area contributed by atoms with Crippen LogP contribution in [0.3, 0.4) is 0 Å². The molecule has 1 heterocycles. The third-order valence-corrected chi connectivity index (χ3v) is 4.09. The molecule has 92 valence electrons. The monoisotopic (exact) mass is 230 g/mol. The number of hydrogen-bond acceptors (Lipinski definition) is 2. The fourth-order valence-electron chi connectivity index (χ4n) is 2.91. The van der Waals surface area contributed by atoms with Gasteiger partial charge in [-0.2, -0.15) is 0 Å². The Morgan fingerprint density at radius 3 is 2.88 bits per heavy atom. The summed E-state index contributed by atoms with van der Waals surface area (Å²) in [5.74, 6) is 1.62. The topological polar surface area (TPSA) is 24.1 Å². The Bertz CT molecular complexity index is 343. The van der Waals surface area contributed by atoms with Crippen LogP contribution in [0.2, 0.25) is 0 Å². The highest BCUT2D eigenvalue weighted by Gasteiger charge is 2.37. The van der Waals surface area contributed by atoms with Gasteiger partial charge in [-0.05, 0) is 50.4 Å². The normalized spacial score (nSPS) is 32.4. The van der Waals surface area contributed by atoms with Crippen molar-refractivity contribution in [1.82, 2.24) is 10.6 Å². The lowest BCUT2D eigenvalue weighted by atomic mass is 10.00. The van der Waals surface area contributed by atoms with Gasteiger partial charge < -0.3 is 10.6 Å². The highest BCUT2D eigenvalue weighted by molar-refractivity contribution is 5.27. The van der Waals surface area contributed by atoms with E-state index in [1.807, 2.05) is 0 Å². The summed E-state index contributed by atoms with van der Waals surface area (Å²) in [7, 11) is 0. The molecule has 0 amide bonds. The molecule has 3 rings (SSSR count). The van der Waals surface area contributed by atoms with E-state index in [1.54, 1.807) is 0 Å². The number of benzene rings is 1. The molecule has 1 aliphatic heterocycles. The summed E-state index contributed by atoms with van der Waals surface area (Å²) in [6, 6.07) is 11.6. The molecular formula is C15H22N2. The largest absolute Gasteiger partial charge is 0.316 e. The number of hydrogen-bond donors (Lipinski definition) is 2. The maximum Gasteiger partial charge on any atom is 0.0143 e. The minimum atomic E-state index is 0.735. The van der Waals surface area contributed by atoms with Gasteiger partial charge in [0.2, 0.25) is 0 Å². The molecule has 17 heavy (non-hydrogen) atoms. The Morgan fingerprint density at radius 2 is 2.12 bits per heavy atom. The van der Waals surface area contributed by atoms with Crippen LogP contribution in [0.4, 0.5) is 0 Å². The van der Waals surface area contributed by atoms with Gasteiger partial charge in [0.15, 0.2) is 0 Å². The van der Waals surface area contributed by atoms with Gasteiger partial charge in [-0.1, -0.05) is 30.3 Å². The molecule has 0 bridgehead atoms. The summed E-state index contributed by atoms with van der Waals surface area (Å²) in [5, 5.41) is 7.22. The summed E-state index contributed by atoms with van der Waals surface area (Å²) in [6.45, 7) is 3.61. The van der Waals surface area contributed by atoms with Gasteiger partial charge in [0.25, 0.3) is 0 Å². The van der Waals surface area contributed by atoms with Crippen LogP contribution in [0.15, 0.2) is 30.3 Å². The van der Waals surface area contributed by atoms with Crippen molar-refractivity contribution in [2.24, 2.45) is 5.92 Å². The van der Waals surface area contributed by atoms with Crippen LogP contribution in [-0.4, -0.2) is 25.7 Å². The maximum absolute atomic E-state index is 3.73. The predicted molar refractivity (Wildman–Crippen MR) is 71.2 cm³/mol. The molecule has 2 nitrogen and oxygen atoms in total. The van der Waals surface area contributed by atoms with E-state index in [9.17, 15) is 0 Å². The molecule has 1 unspecified atom stereocenters. The van der Waals surface area contributed by atoms with Crippen molar-refractivity contribution < 1.29 is 0 Å². The highest BCUT2D eigenvalue weighted by Crippen LogP contribution is 2.40. The first-order valence-corrected chi connectivity index (χ1v) is 6.92. The van der Waals surface area contributed by atoms with Gasteiger partial charge in [0.1, 0.15) is 0 Å². The fourth-order valence-corrected chi connectivity index (χ4v) is 2.91. The molecule has 1 aliphatic carbocycles. The second kappa shape index (κ2) is 5.19. The van der Waals surface area contributed by atoms with Crippen LogP contribution in [0.25, 0.3) is 0 Å². The lowest BCUT2D eigenvalue weighted by Crippen LogP contribution is -2.36. The van der Waals surface area contributed by atoms with Crippen molar-refractivity contribution in [3.63, 3.8) is 0 Å². The number of piperidine rings is 1. The van der Waals surface area contributed by atoms with Gasteiger partial charge in [-0.25, -0.2) is 0 Å². The molecule has 0 aromatic heterocycles. The third kappa shape index (κ3) is 2.88. The molecule has 0 radical (unpaired) electrons. The smallest absolute Gasteiger partial charge is 0.0143 e. The van der Waals surface area contributed by atoms with Crippen molar-refractivity contribution in [3.05, 3.63) is 35.9 Å². The molecule has 1 aromatic carbocycles. The zero-order valence-corrected chi connectivity index (χ0v) is 10.4. The molecule has 2 N–H and O–H groups in total. The lowest BCUT2D eigenvalue weighted by molar-refractivity contribution is 0.359. The van der Waals surface area contributed by atoms with E-state index in [1.165, 1.54) is 44.5 Å². The Kier molecular flexibility index (Phi) is 3.44. The molecule has 3 atom stereocenters. The molecule has 2 aliphatic rings. The van der Waals surface area contributed by atoms with Crippen molar-refractivity contribution >= 4 is 0 Å². The second-order valence-corrected chi connectivity index (χ2v) is 5.48. The molecule has 1 saturated carbocycles. The van der Waals surface area contributed by atoms with Crippen molar-refractivity contribution in [1.29, 1.82) is 0 Å². The Labute approximate surface area is 104 Å². The molecule has 1 saturated heterocycles. The Morgan fingerprint density at radius 1 is 1.24 bits per heavy atom. The van der Waals surface area contributed by atoms with E-state index in [0.29, 0.717) is 0 Å². The summed E-state index contributed by atoms with van der Waals surface area (Å²) < 4.78 is 0. The van der Waals surface area contributed by atoms with Crippen LogP contribution < -0.4 is 10.6 Å². The standard InChI is InChI=1S/C15H22N2/c1-2-6-13(7-3-1)14-9-15(14)17-11-12-5-4-8-16-10-12/h1-3,6-7,12,14-17H,4-5,8-11H2/t12?,14-,15+/m0/s1. The van der Waals surface area contributed by atoms with E-state index in [2.05, 4.69) is 41.0 Å². The SMILES string of the molecule is c1ccc([C@@H]2C[C@H]2NCC2CCCNC2)cc1. The third-order valence-electron chi connectivity index (χ3n) is 4.09. The quantitative estimate of drug-likeness (QED) is 0.828. The summed E-state index contributed by atoms with van der Waals surface area (Å²) in [4.78, 5) is 0. The average molecular weight is 230 g/mol. The zero-order valence-electron chi connectivity index (χ0n) is 10.4. The Balaban J connectivity index is 1.43. The molecule has 0 spiro atoms. The molecule has 1 aromatic rings. The lowest BCUT2D eigenvalue weighted by Gasteiger charge is -2.23. The number of rotatable bonds is 4. The van der Waals surface area contributed by atoms with Crippen molar-refractivity contribution in [2.45, 2.75) is 31.2 Å². The van der Waals surface area contributed by atoms with Crippen LogP contribution >= 0.6 is 0 Å². The summed E-state index contributed by atoms with van der Waals surface area (Å²) >= 11 is 0. The Hall–Kier alpha value is -0.860. The average Bonchev–Trinajstić information content (AvgIpc) is 3.18. The van der Waals surface area contributed by atoms with E-state index in [4.69, 9.17) is 0 Å². The van der Waals surface area contributed by atoms with Gasteiger partial charge in [0, 0.05) is 12.0 Å². The molecule has 2 fully saturated rings. The van der Waals surface area contributed by atoms with Crippen LogP contribution in [0, 0.1) is 5.92 Å². The van der Waals surface area contributed by atoms with Crippen LogP contribution in [-0.2, 0) is 0 Å². The van der Waals surface area contributed by atoms with Crippen LogP contribution in [0.1, 0.15) is 30.7 Å².